The topological polar surface area (TPSA) is 82.3 Å². The number of halogens is 1. The number of aliphatic imine (C=N–C) groups is 1. The van der Waals surface area contributed by atoms with E-state index in [1.807, 2.05) is 38.1 Å². The van der Waals surface area contributed by atoms with Gasteiger partial charge in [0, 0.05) is 19.1 Å². The number of benzene rings is 1. The van der Waals surface area contributed by atoms with Crippen LogP contribution in [0.25, 0.3) is 0 Å². The Morgan fingerprint density at radius 1 is 1.24 bits per heavy atom. The average Bonchev–Trinajstić information content (AvgIpc) is 3.23. The molecular weight excluding hydrogens is 531 g/mol. The largest absolute Gasteiger partial charge is 0.497 e. The maximum Gasteiger partial charge on any atom is 0.191 e. The molecule has 1 aromatic heterocycles. The fourth-order valence-electron chi connectivity index (χ4n) is 4.41. The van der Waals surface area contributed by atoms with Crippen LogP contribution < -0.4 is 15.4 Å². The van der Waals surface area contributed by atoms with Gasteiger partial charge in [0.1, 0.15) is 22.9 Å². The predicted octanol–water partition coefficient (Wildman–Crippen LogP) is 4.06. The van der Waals surface area contributed by atoms with Crippen molar-refractivity contribution in [3.8, 4) is 5.75 Å². The number of nitrogens with zero attached hydrogens (tertiary/aromatic N) is 2. The molecule has 184 valence electrons. The summed E-state index contributed by atoms with van der Waals surface area (Å²) in [6.07, 6.45) is 2.33. The first-order valence-corrected chi connectivity index (χ1v) is 11.5. The summed E-state index contributed by atoms with van der Waals surface area (Å²) in [5, 5.41) is 17.6. The van der Waals surface area contributed by atoms with E-state index in [0.717, 1.165) is 37.6 Å². The van der Waals surface area contributed by atoms with Crippen LogP contribution in [0.3, 0.4) is 0 Å². The van der Waals surface area contributed by atoms with Gasteiger partial charge >= 0.3 is 0 Å². The van der Waals surface area contributed by atoms with E-state index in [-0.39, 0.29) is 30.5 Å². The van der Waals surface area contributed by atoms with Crippen LogP contribution in [0.15, 0.2) is 45.8 Å². The number of ether oxygens (including phenoxy) is 1. The lowest BCUT2D eigenvalue weighted by molar-refractivity contribution is 0.0428. The van der Waals surface area contributed by atoms with E-state index in [2.05, 4.69) is 39.7 Å². The van der Waals surface area contributed by atoms with Gasteiger partial charge in [0.15, 0.2) is 5.96 Å². The van der Waals surface area contributed by atoms with E-state index in [0.29, 0.717) is 23.7 Å². The number of aliphatic hydroxyl groups is 1. The maximum atomic E-state index is 10.8. The summed E-state index contributed by atoms with van der Waals surface area (Å²) in [5.41, 5.74) is 0.144. The van der Waals surface area contributed by atoms with Crippen molar-refractivity contribution in [2.75, 3.05) is 40.3 Å². The van der Waals surface area contributed by atoms with Crippen LogP contribution in [0.1, 0.15) is 49.8 Å². The highest BCUT2D eigenvalue weighted by molar-refractivity contribution is 14.0. The molecular formula is C25H39IN4O3. The molecule has 0 bridgehead atoms. The van der Waals surface area contributed by atoms with Gasteiger partial charge in [0.2, 0.25) is 0 Å². The van der Waals surface area contributed by atoms with Crippen molar-refractivity contribution in [3.63, 3.8) is 0 Å². The molecule has 1 aromatic carbocycles. The lowest BCUT2D eigenvalue weighted by Crippen LogP contribution is -2.45. The number of furan rings is 1. The summed E-state index contributed by atoms with van der Waals surface area (Å²) in [6, 6.07) is 12.4. The van der Waals surface area contributed by atoms with Crippen LogP contribution in [0.2, 0.25) is 0 Å². The first-order chi connectivity index (χ1) is 15.3. The van der Waals surface area contributed by atoms with E-state index in [1.165, 1.54) is 12.0 Å². The molecule has 1 aliphatic rings. The van der Waals surface area contributed by atoms with Crippen molar-refractivity contribution >= 4 is 29.9 Å². The van der Waals surface area contributed by atoms with Gasteiger partial charge in [0.25, 0.3) is 0 Å². The second-order valence-corrected chi connectivity index (χ2v) is 8.86. The lowest BCUT2D eigenvalue weighted by atomic mass is 9.85. The number of hydrogen-bond donors (Lipinski definition) is 3. The molecule has 3 atom stereocenters. The zero-order valence-corrected chi connectivity index (χ0v) is 22.8. The third-order valence-corrected chi connectivity index (χ3v) is 6.16. The zero-order valence-electron chi connectivity index (χ0n) is 20.4. The summed E-state index contributed by atoms with van der Waals surface area (Å²) in [6.45, 7) is 8.49. The van der Waals surface area contributed by atoms with E-state index >= 15 is 0 Å². The van der Waals surface area contributed by atoms with Crippen molar-refractivity contribution in [2.45, 2.75) is 45.3 Å². The number of rotatable bonds is 8. The molecule has 7 nitrogen and oxygen atoms in total. The second kappa shape index (κ2) is 12.6. The van der Waals surface area contributed by atoms with Gasteiger partial charge in [0.05, 0.1) is 13.7 Å². The van der Waals surface area contributed by atoms with Gasteiger partial charge in [-0.1, -0.05) is 12.1 Å². The van der Waals surface area contributed by atoms with Gasteiger partial charge in [-0.25, -0.2) is 4.99 Å². The van der Waals surface area contributed by atoms with Crippen LogP contribution in [-0.2, 0) is 5.60 Å². The first kappa shape index (κ1) is 27.5. The number of guanidine groups is 1. The third kappa shape index (κ3) is 7.35. The van der Waals surface area contributed by atoms with Crippen LogP contribution in [0, 0.1) is 12.8 Å². The number of hydrogen-bond acceptors (Lipinski definition) is 5. The van der Waals surface area contributed by atoms with Gasteiger partial charge in [-0.05, 0) is 83.0 Å². The van der Waals surface area contributed by atoms with E-state index < -0.39 is 5.60 Å². The molecule has 0 saturated carbocycles. The number of likely N-dealkylation sites (tertiary alicyclic amines) is 1. The van der Waals surface area contributed by atoms with Gasteiger partial charge in [-0.3, -0.25) is 4.90 Å². The average molecular weight is 571 g/mol. The van der Waals surface area contributed by atoms with Gasteiger partial charge in [-0.2, -0.15) is 0 Å². The number of nitrogens with one attached hydrogen (secondary N) is 2. The van der Waals surface area contributed by atoms with Crippen LogP contribution in [0.5, 0.6) is 5.75 Å². The molecule has 3 unspecified atom stereocenters. The molecule has 0 aliphatic carbocycles. The molecule has 3 rings (SSSR count). The monoisotopic (exact) mass is 570 g/mol. The number of piperidine rings is 1. The smallest absolute Gasteiger partial charge is 0.191 e. The summed E-state index contributed by atoms with van der Waals surface area (Å²) in [7, 11) is 3.89. The number of aryl methyl sites for hydroxylation is 1. The first-order valence-electron chi connectivity index (χ1n) is 11.5. The van der Waals surface area contributed by atoms with Gasteiger partial charge < -0.3 is 24.9 Å². The summed E-state index contributed by atoms with van der Waals surface area (Å²) >= 11 is 0. The van der Waals surface area contributed by atoms with E-state index in [9.17, 15) is 5.11 Å². The molecule has 33 heavy (non-hydrogen) atoms. The summed E-state index contributed by atoms with van der Waals surface area (Å²) in [4.78, 5) is 7.09. The van der Waals surface area contributed by atoms with Crippen molar-refractivity contribution in [2.24, 2.45) is 10.9 Å². The zero-order chi connectivity index (χ0) is 23.1. The SMILES string of the molecule is CCNC(=NCC(C)(O)c1ccc(C)o1)NCC1CCCN(C)C1c1ccc(OC)cc1.I. The van der Waals surface area contributed by atoms with Crippen molar-refractivity contribution < 1.29 is 14.3 Å². The molecule has 2 aromatic rings. The summed E-state index contributed by atoms with van der Waals surface area (Å²) in [5.74, 6) is 3.34. The minimum Gasteiger partial charge on any atom is -0.497 e. The quantitative estimate of drug-likeness (QED) is 0.253. The summed E-state index contributed by atoms with van der Waals surface area (Å²) < 4.78 is 10.9. The predicted molar refractivity (Wildman–Crippen MR) is 144 cm³/mol. The minimum absolute atomic E-state index is 0. The van der Waals surface area contributed by atoms with Crippen molar-refractivity contribution in [3.05, 3.63) is 53.5 Å². The maximum absolute atomic E-state index is 10.8. The Morgan fingerprint density at radius 2 is 1.97 bits per heavy atom. The fourth-order valence-corrected chi connectivity index (χ4v) is 4.41. The molecule has 0 amide bonds. The van der Waals surface area contributed by atoms with Crippen LogP contribution in [0.4, 0.5) is 0 Å². The Bertz CT molecular complexity index is 882. The Kier molecular flexibility index (Phi) is 10.5. The standard InChI is InChI=1S/C25H38N4O3.HI/c1-6-26-24(28-17-25(3,30)22-14-9-18(2)32-22)27-16-20-8-7-15-29(4)23(20)19-10-12-21(31-5)13-11-19;/h9-14,20,23,30H,6-8,15-17H2,1-5H3,(H2,26,27,28);1H. The highest BCUT2D eigenvalue weighted by atomic mass is 127. The van der Waals surface area contributed by atoms with Crippen LogP contribution in [-0.4, -0.2) is 56.3 Å². The lowest BCUT2D eigenvalue weighted by Gasteiger charge is -2.40. The Balaban J connectivity index is 0.00000385. The Labute approximate surface area is 215 Å². The molecule has 2 heterocycles. The molecule has 0 radical (unpaired) electrons. The Hall–Kier alpha value is -1.78. The highest BCUT2D eigenvalue weighted by Gasteiger charge is 2.31. The van der Waals surface area contributed by atoms with Crippen LogP contribution >= 0.6 is 24.0 Å². The van der Waals surface area contributed by atoms with E-state index in [4.69, 9.17) is 9.15 Å². The van der Waals surface area contributed by atoms with E-state index in [1.54, 1.807) is 14.0 Å². The normalized spacial score (nSPS) is 21.1. The minimum atomic E-state index is -1.16. The van der Waals surface area contributed by atoms with Crippen molar-refractivity contribution in [1.82, 2.24) is 15.5 Å². The second-order valence-electron chi connectivity index (χ2n) is 8.86. The Morgan fingerprint density at radius 3 is 2.58 bits per heavy atom. The molecule has 1 aliphatic heterocycles. The van der Waals surface area contributed by atoms with Crippen molar-refractivity contribution in [1.29, 1.82) is 0 Å². The highest BCUT2D eigenvalue weighted by Crippen LogP contribution is 2.35. The number of methoxy groups -OCH3 is 1. The molecule has 3 N–H and O–H groups in total. The third-order valence-electron chi connectivity index (χ3n) is 6.16. The molecule has 8 heteroatoms. The molecule has 1 fully saturated rings. The van der Waals surface area contributed by atoms with Gasteiger partial charge in [-0.15, -0.1) is 24.0 Å². The fraction of sp³-hybridized carbons (Fsp3) is 0.560. The molecule has 1 saturated heterocycles. The molecule has 0 spiro atoms.